The van der Waals surface area contributed by atoms with Crippen LogP contribution >= 0.6 is 0 Å². The van der Waals surface area contributed by atoms with Crippen LogP contribution in [0.1, 0.15) is 0 Å². The van der Waals surface area contributed by atoms with E-state index in [4.69, 9.17) is 12.8 Å². The average Bonchev–Trinajstić information content (AvgIpc) is 3.21. The van der Waals surface area contributed by atoms with Gasteiger partial charge in [0.05, 0.1) is 0 Å². The van der Waals surface area contributed by atoms with Gasteiger partial charge in [0.25, 0.3) is 0 Å². The van der Waals surface area contributed by atoms with Crippen LogP contribution in [0.15, 0.2) is 0 Å². The quantitative estimate of drug-likeness (QED) is 0.445. The number of hydrogen-bond acceptors (Lipinski definition) is 0. The van der Waals surface area contributed by atoms with Gasteiger partial charge in [-0.3, -0.25) is 0 Å². The van der Waals surface area contributed by atoms with Gasteiger partial charge >= 0.3 is 78.4 Å². The summed E-state index contributed by atoms with van der Waals surface area (Å²) in [5, 5.41) is 0. The van der Waals surface area contributed by atoms with E-state index in [2.05, 4.69) is 11.8 Å². The van der Waals surface area contributed by atoms with Gasteiger partial charge < -0.3 is 0 Å². The first kappa shape index (κ1) is 4.87. The van der Waals surface area contributed by atoms with Crippen LogP contribution in [0.3, 0.4) is 0 Å². The summed E-state index contributed by atoms with van der Waals surface area (Å²) in [7, 11) is 0. The molecule has 10 heterocycles. The molecule has 0 saturated carbocycles. The van der Waals surface area contributed by atoms with Gasteiger partial charge in [0.2, 0.25) is 0 Å². The molecule has 0 N–H and O–H groups in total. The van der Waals surface area contributed by atoms with Crippen LogP contribution in [0.5, 0.6) is 0 Å². The Kier molecular flexibility index (Phi) is 0.104. The summed E-state index contributed by atoms with van der Waals surface area (Å²) >= 11 is 0. The molecule has 0 aromatic heterocycles. The van der Waals surface area contributed by atoms with Gasteiger partial charge in [-0.1, -0.05) is 0 Å². The second kappa shape index (κ2) is 0.319. The third-order valence-corrected chi connectivity index (χ3v) is 57.8. The molecule has 10 aliphatic rings. The Morgan fingerprint density at radius 1 is 0.733 bits per heavy atom. The van der Waals surface area contributed by atoms with Crippen LogP contribution in [0.4, 0.5) is 0 Å². The normalized spacial score (nSPS) is 137. The molecule has 0 bridgehead atoms. The van der Waals surface area contributed by atoms with Crippen molar-refractivity contribution in [2.24, 2.45) is 0 Å². The fourth-order valence-corrected chi connectivity index (χ4v) is 91.2. The zero-order chi connectivity index (χ0) is 9.35. The molecule has 10 fully saturated rings. The predicted octanol–water partition coefficient (Wildman–Crippen LogP) is 3.38. The number of hydrogen-bond donors (Lipinski definition) is 0. The number of terminal acetylenes is 2. The van der Waals surface area contributed by atoms with Crippen molar-refractivity contribution in [3.05, 3.63) is 0 Å². The maximum absolute atomic E-state index is 6.06. The first-order chi connectivity index (χ1) is 7.06. The minimum atomic E-state index is -3.19. The molecule has 4 atom stereocenters. The molecule has 0 nitrogen and oxygen atoms in total. The summed E-state index contributed by atoms with van der Waals surface area (Å²) in [4.78, 5) is 9.80. The second-order valence-electron chi connectivity index (χ2n) is 10.0. The molecule has 0 aliphatic carbocycles. The van der Waals surface area contributed by atoms with E-state index in [1.54, 1.807) is 0 Å². The second-order valence-corrected chi connectivity index (χ2v) is 33.3. The van der Waals surface area contributed by atoms with Crippen LogP contribution in [-0.2, 0) is 6.51 Å². The SMILES string of the molecule is C#C[C]12[CH]3[CH]4[CH]5[C]1(C#C)[Fe]43521678[CH]2[CH]1[CH]6[CH]7[CH]28. The molecule has 0 amide bonds. The van der Waals surface area contributed by atoms with Crippen LogP contribution in [0.25, 0.3) is 0 Å². The molecule has 0 radical (unpaired) electrons. The molecular formula is C14H10Fe. The molecule has 0 aromatic carbocycles. The van der Waals surface area contributed by atoms with Crippen LogP contribution < -0.4 is 0 Å². The fourth-order valence-electron chi connectivity index (χ4n) is 17.3. The first-order valence-electron chi connectivity index (χ1n) is 6.22. The van der Waals surface area contributed by atoms with Crippen LogP contribution in [-0.4, -0.2) is 0 Å². The molecule has 10 aliphatic heterocycles. The van der Waals surface area contributed by atoms with E-state index in [9.17, 15) is 0 Å². The van der Waals surface area contributed by atoms with Gasteiger partial charge in [-0.2, -0.15) is 0 Å². The van der Waals surface area contributed by atoms with E-state index < -0.39 is 6.51 Å². The van der Waals surface area contributed by atoms with Crippen molar-refractivity contribution in [2.75, 3.05) is 0 Å². The summed E-state index contributed by atoms with van der Waals surface area (Å²) in [5.41, 5.74) is 0. The van der Waals surface area contributed by atoms with Crippen LogP contribution in [0, 0.1) is 24.7 Å². The van der Waals surface area contributed by atoms with Gasteiger partial charge in [-0.25, -0.2) is 0 Å². The maximum atomic E-state index is 6.06. The molecule has 10 rings (SSSR count). The molecule has 1 spiro atoms. The van der Waals surface area contributed by atoms with E-state index in [-0.39, 0.29) is 0 Å². The summed E-state index contributed by atoms with van der Waals surface area (Å²) in [6.45, 7) is -3.19. The average molecular weight is 234 g/mol. The molecule has 15 heavy (non-hydrogen) atoms. The zero-order valence-corrected chi connectivity index (χ0v) is 9.23. The number of fused-ring (bicyclic) bond motifs is 10. The molecule has 4 unspecified atom stereocenters. The monoisotopic (exact) mass is 234 g/mol. The van der Waals surface area contributed by atoms with E-state index >= 15 is 0 Å². The van der Waals surface area contributed by atoms with Gasteiger partial charge in [0.1, 0.15) is 0 Å². The molecule has 1 heteroatoms. The van der Waals surface area contributed by atoms with Gasteiger partial charge in [-0.15, -0.1) is 0 Å². The molecule has 0 aromatic rings. The predicted molar refractivity (Wildman–Crippen MR) is 53.1 cm³/mol. The van der Waals surface area contributed by atoms with E-state index in [0.29, 0.717) is 8.63 Å². The Balaban J connectivity index is 2.01. The number of rotatable bonds is 0. The summed E-state index contributed by atoms with van der Waals surface area (Å²) in [5.74, 6) is 6.80. The standard InChI is InChI=1S/C9H5.C5H5.Fe/c1-3-8-6-5-7-9(8)4-2;1-2-4-5-3-1;/h1-2,5-7H;1-5H;. The topological polar surface area (TPSA) is 0 Å². The Labute approximate surface area is 78.5 Å². The van der Waals surface area contributed by atoms with E-state index in [1.807, 2.05) is 0 Å². The van der Waals surface area contributed by atoms with Crippen molar-refractivity contribution < 1.29 is 6.51 Å². The zero-order valence-electron chi connectivity index (χ0n) is 8.13. The summed E-state index contributed by atoms with van der Waals surface area (Å²) in [6, 6.07) is 0. The van der Waals surface area contributed by atoms with Crippen molar-refractivity contribution in [1.29, 1.82) is 0 Å². The molecule has 74 valence electrons. The molecular weight excluding hydrogens is 224 g/mol. The van der Waals surface area contributed by atoms with Crippen molar-refractivity contribution in [3.63, 3.8) is 0 Å². The van der Waals surface area contributed by atoms with E-state index in [1.165, 1.54) is 28.9 Å². The van der Waals surface area contributed by atoms with Crippen LogP contribution in [0.2, 0.25) is 47.2 Å². The Bertz CT molecular complexity index is 973. The van der Waals surface area contributed by atoms with Crippen molar-refractivity contribution >= 4 is 0 Å². The third kappa shape index (κ3) is 0.0341. The summed E-state index contributed by atoms with van der Waals surface area (Å²) in [6.07, 6.45) is 12.1. The minimum absolute atomic E-state index is 0.473. The Hall–Kier alpha value is -0.361. The van der Waals surface area contributed by atoms with Gasteiger partial charge in [-0.05, 0) is 0 Å². The Morgan fingerprint density at radius 2 is 1.13 bits per heavy atom. The first-order valence-corrected chi connectivity index (χ1v) is 12.4. The van der Waals surface area contributed by atoms with Gasteiger partial charge in [0, 0.05) is 0 Å². The van der Waals surface area contributed by atoms with E-state index in [0.717, 1.165) is 9.63 Å². The third-order valence-electron chi connectivity index (χ3n) is 15.3. The molecule has 10 saturated heterocycles. The Morgan fingerprint density at radius 3 is 1.27 bits per heavy atom. The summed E-state index contributed by atoms with van der Waals surface area (Å²) < 4.78 is 0.946. The van der Waals surface area contributed by atoms with Crippen molar-refractivity contribution in [1.82, 2.24) is 0 Å². The van der Waals surface area contributed by atoms with Gasteiger partial charge in [0.15, 0.2) is 0 Å². The fraction of sp³-hybridized carbons (Fsp3) is 0.714. The van der Waals surface area contributed by atoms with Crippen molar-refractivity contribution in [2.45, 2.75) is 47.2 Å². The van der Waals surface area contributed by atoms with Crippen molar-refractivity contribution in [3.8, 4) is 24.7 Å².